The van der Waals surface area contributed by atoms with Crippen molar-refractivity contribution in [2.75, 3.05) is 15.8 Å². The van der Waals surface area contributed by atoms with Crippen molar-refractivity contribution in [1.29, 1.82) is 0 Å². The molecule has 0 aliphatic carbocycles. The minimum absolute atomic E-state index is 0.0789. The Bertz CT molecular complexity index is 539. The number of benzene rings is 1. The summed E-state index contributed by atoms with van der Waals surface area (Å²) in [6.45, 7) is 5.39. The fraction of sp³-hybridized carbons (Fsp3) is 0.462. The van der Waals surface area contributed by atoms with Crippen molar-refractivity contribution < 1.29 is 13.2 Å². The highest BCUT2D eigenvalue weighted by atomic mass is 32.2. The molecule has 0 aliphatic heterocycles. The van der Waals surface area contributed by atoms with Crippen LogP contribution in [0, 0.1) is 5.92 Å². The average Bonchev–Trinajstić information content (AvgIpc) is 2.28. The van der Waals surface area contributed by atoms with Crippen LogP contribution >= 0.6 is 0 Å². The molecule has 0 radical (unpaired) electrons. The fourth-order valence-electron chi connectivity index (χ4n) is 1.45. The molecule has 6 heteroatoms. The van der Waals surface area contributed by atoms with Crippen molar-refractivity contribution in [3.8, 4) is 0 Å². The molecule has 1 aromatic carbocycles. The van der Waals surface area contributed by atoms with Gasteiger partial charge in [0.25, 0.3) is 0 Å². The Labute approximate surface area is 114 Å². The lowest BCUT2D eigenvalue weighted by atomic mass is 10.2. The highest BCUT2D eigenvalue weighted by molar-refractivity contribution is 7.92. The first-order valence-electron chi connectivity index (χ1n) is 6.25. The van der Waals surface area contributed by atoms with Gasteiger partial charge < -0.3 is 5.32 Å². The molecule has 0 atom stereocenters. The number of nitrogens with one attached hydrogen (secondary N) is 2. The first-order valence-corrected chi connectivity index (χ1v) is 7.90. The number of amides is 1. The summed E-state index contributed by atoms with van der Waals surface area (Å²) in [5.41, 5.74) is 1.03. The molecule has 0 spiro atoms. The number of sulfonamides is 1. The molecule has 2 N–H and O–H groups in total. The molecule has 0 aromatic heterocycles. The molecular weight excluding hydrogens is 264 g/mol. The predicted molar refractivity (Wildman–Crippen MR) is 77.6 cm³/mol. The van der Waals surface area contributed by atoms with Gasteiger partial charge in [0.15, 0.2) is 0 Å². The molecule has 0 aliphatic rings. The molecule has 0 saturated carbocycles. The molecule has 106 valence electrons. The van der Waals surface area contributed by atoms with E-state index >= 15 is 0 Å². The van der Waals surface area contributed by atoms with Crippen molar-refractivity contribution in [2.24, 2.45) is 5.92 Å². The third-order valence-corrected chi connectivity index (χ3v) is 3.89. The van der Waals surface area contributed by atoms with Crippen LogP contribution in [0.5, 0.6) is 0 Å². The highest BCUT2D eigenvalue weighted by Gasteiger charge is 2.10. The van der Waals surface area contributed by atoms with Gasteiger partial charge in [-0.05, 0) is 24.6 Å². The zero-order valence-corrected chi connectivity index (χ0v) is 12.3. The van der Waals surface area contributed by atoms with Gasteiger partial charge in [-0.15, -0.1) is 0 Å². The van der Waals surface area contributed by atoms with Gasteiger partial charge in [-0.25, -0.2) is 8.42 Å². The van der Waals surface area contributed by atoms with Crippen molar-refractivity contribution >= 4 is 27.3 Å². The van der Waals surface area contributed by atoms with E-state index in [1.54, 1.807) is 45.0 Å². The van der Waals surface area contributed by atoms with Crippen molar-refractivity contribution in [3.05, 3.63) is 24.3 Å². The lowest BCUT2D eigenvalue weighted by molar-refractivity contribution is -0.118. The first-order chi connectivity index (χ1) is 8.84. The summed E-state index contributed by atoms with van der Waals surface area (Å²) >= 11 is 0. The van der Waals surface area contributed by atoms with Gasteiger partial charge in [-0.1, -0.05) is 26.8 Å². The summed E-state index contributed by atoms with van der Waals surface area (Å²) in [7, 11) is -3.31. The maximum Gasteiger partial charge on any atom is 0.232 e. The van der Waals surface area contributed by atoms with E-state index in [2.05, 4.69) is 10.0 Å². The monoisotopic (exact) mass is 284 g/mol. The summed E-state index contributed by atoms with van der Waals surface area (Å²) in [5, 5.41) is 2.73. The second-order valence-corrected chi connectivity index (χ2v) is 6.49. The second kappa shape index (κ2) is 6.56. The first kappa shape index (κ1) is 15.5. The number of hydrogen-bond acceptors (Lipinski definition) is 3. The molecule has 1 aromatic rings. The van der Waals surface area contributed by atoms with Crippen molar-refractivity contribution in [3.63, 3.8) is 0 Å². The van der Waals surface area contributed by atoms with E-state index in [0.29, 0.717) is 17.8 Å². The summed E-state index contributed by atoms with van der Waals surface area (Å²) < 4.78 is 25.8. The average molecular weight is 284 g/mol. The van der Waals surface area contributed by atoms with Crippen molar-refractivity contribution in [1.82, 2.24) is 0 Å². The molecule has 5 nitrogen and oxygen atoms in total. The Hall–Kier alpha value is -1.56. The number of rotatable bonds is 6. The van der Waals surface area contributed by atoms with Gasteiger partial charge >= 0.3 is 0 Å². The van der Waals surface area contributed by atoms with Gasteiger partial charge in [-0.2, -0.15) is 0 Å². The van der Waals surface area contributed by atoms with Crippen LogP contribution in [0.15, 0.2) is 24.3 Å². The number of anilines is 2. The molecule has 1 amide bonds. The minimum Gasteiger partial charge on any atom is -0.326 e. The van der Waals surface area contributed by atoms with Gasteiger partial charge in [0.1, 0.15) is 0 Å². The van der Waals surface area contributed by atoms with E-state index in [4.69, 9.17) is 0 Å². The lowest BCUT2D eigenvalue weighted by Crippen LogP contribution is -2.18. The van der Waals surface area contributed by atoms with Crippen LogP contribution in [-0.4, -0.2) is 20.1 Å². The Morgan fingerprint density at radius 1 is 1.26 bits per heavy atom. The minimum atomic E-state index is -3.31. The second-order valence-electron chi connectivity index (χ2n) is 4.65. The Kier molecular flexibility index (Phi) is 5.35. The zero-order chi connectivity index (χ0) is 14.5. The molecule has 0 fully saturated rings. The highest BCUT2D eigenvalue weighted by Crippen LogP contribution is 2.17. The molecule has 19 heavy (non-hydrogen) atoms. The molecule has 0 heterocycles. The third-order valence-electron chi connectivity index (χ3n) is 2.40. The molecule has 0 bridgehead atoms. The Morgan fingerprint density at radius 3 is 2.47 bits per heavy atom. The van der Waals surface area contributed by atoms with E-state index in [1.807, 2.05) is 0 Å². The van der Waals surface area contributed by atoms with Crippen LogP contribution in [0.1, 0.15) is 27.2 Å². The van der Waals surface area contributed by atoms with E-state index in [9.17, 15) is 13.2 Å². The molecular formula is C13H20N2O3S. The topological polar surface area (TPSA) is 75.3 Å². The molecule has 1 rings (SSSR count). The number of carbonyl (C=O) groups is 1. The maximum absolute atomic E-state index is 11.6. The normalized spacial score (nSPS) is 11.4. The van der Waals surface area contributed by atoms with Gasteiger partial charge in [0, 0.05) is 11.6 Å². The summed E-state index contributed by atoms with van der Waals surface area (Å²) in [6.07, 6.45) is 0.555. The van der Waals surface area contributed by atoms with Gasteiger partial charge in [0.05, 0.1) is 11.4 Å². The predicted octanol–water partition coefficient (Wildman–Crippen LogP) is 2.43. The number of hydrogen-bond donors (Lipinski definition) is 2. The maximum atomic E-state index is 11.6. The van der Waals surface area contributed by atoms with E-state index < -0.39 is 10.0 Å². The standard InChI is InChI=1S/C13H20N2O3S/c1-4-8-19(17,18)15-12-7-5-6-11(9-12)14-13(16)10(2)3/h5-7,9-10,15H,4,8H2,1-3H3,(H,14,16). The van der Waals surface area contributed by atoms with E-state index in [1.165, 1.54) is 0 Å². The third kappa shape index (κ3) is 5.30. The SMILES string of the molecule is CCCS(=O)(=O)Nc1cccc(NC(=O)C(C)C)c1. The zero-order valence-electron chi connectivity index (χ0n) is 11.4. The van der Waals surface area contributed by atoms with Crippen LogP contribution in [0.25, 0.3) is 0 Å². The van der Waals surface area contributed by atoms with Crippen LogP contribution in [0.4, 0.5) is 11.4 Å². The van der Waals surface area contributed by atoms with Gasteiger partial charge in [0.2, 0.25) is 15.9 Å². The summed E-state index contributed by atoms with van der Waals surface area (Å²) in [5.74, 6) is -0.149. The number of carbonyl (C=O) groups excluding carboxylic acids is 1. The largest absolute Gasteiger partial charge is 0.326 e. The lowest BCUT2D eigenvalue weighted by Gasteiger charge is -2.11. The van der Waals surface area contributed by atoms with E-state index in [-0.39, 0.29) is 17.6 Å². The van der Waals surface area contributed by atoms with Crippen molar-refractivity contribution in [2.45, 2.75) is 27.2 Å². The Balaban J connectivity index is 2.80. The smallest absolute Gasteiger partial charge is 0.232 e. The van der Waals surface area contributed by atoms with Crippen LogP contribution in [0.2, 0.25) is 0 Å². The Morgan fingerprint density at radius 2 is 1.89 bits per heavy atom. The molecule has 0 unspecified atom stereocenters. The van der Waals surface area contributed by atoms with E-state index in [0.717, 1.165) is 0 Å². The van der Waals surface area contributed by atoms with Crippen LogP contribution in [-0.2, 0) is 14.8 Å². The summed E-state index contributed by atoms with van der Waals surface area (Å²) in [4.78, 5) is 11.6. The molecule has 0 saturated heterocycles. The van der Waals surface area contributed by atoms with Crippen LogP contribution < -0.4 is 10.0 Å². The fourth-order valence-corrected chi connectivity index (χ4v) is 2.57. The van der Waals surface area contributed by atoms with Crippen LogP contribution in [0.3, 0.4) is 0 Å². The summed E-state index contributed by atoms with van der Waals surface area (Å²) in [6, 6.07) is 6.67. The quantitative estimate of drug-likeness (QED) is 0.842. The van der Waals surface area contributed by atoms with Gasteiger partial charge in [-0.3, -0.25) is 9.52 Å².